The van der Waals surface area contributed by atoms with Crippen molar-refractivity contribution in [1.29, 1.82) is 0 Å². The molecule has 2 N–H and O–H groups in total. The zero-order chi connectivity index (χ0) is 14.4. The summed E-state index contributed by atoms with van der Waals surface area (Å²) in [5.41, 5.74) is 1.90. The van der Waals surface area contributed by atoms with Crippen molar-refractivity contribution < 1.29 is 4.79 Å². The molecule has 0 saturated heterocycles. The van der Waals surface area contributed by atoms with Crippen LogP contribution in [0.5, 0.6) is 0 Å². The molecule has 1 atom stereocenters. The number of amides is 1. The first-order chi connectivity index (χ1) is 9.65. The third-order valence-electron chi connectivity index (χ3n) is 3.00. The molecule has 0 spiro atoms. The third kappa shape index (κ3) is 4.37. The smallest absolute Gasteiger partial charge is 0.238 e. The Bertz CT molecular complexity index is 554. The number of hydrogen-bond acceptors (Lipinski definition) is 2. The van der Waals surface area contributed by atoms with Crippen molar-refractivity contribution >= 4 is 23.2 Å². The summed E-state index contributed by atoms with van der Waals surface area (Å²) in [6.07, 6.45) is 0. The SMILES string of the molecule is C[C@@H](NCC(=O)Nc1ccccc1)c1ccc(Cl)cc1. The van der Waals surface area contributed by atoms with Gasteiger partial charge in [-0.05, 0) is 36.8 Å². The van der Waals surface area contributed by atoms with Crippen molar-refractivity contribution in [3.8, 4) is 0 Å². The van der Waals surface area contributed by atoms with Gasteiger partial charge < -0.3 is 10.6 Å². The van der Waals surface area contributed by atoms with Crippen molar-refractivity contribution in [3.05, 3.63) is 65.2 Å². The maximum Gasteiger partial charge on any atom is 0.238 e. The zero-order valence-electron chi connectivity index (χ0n) is 11.3. The Morgan fingerprint density at radius 1 is 1.10 bits per heavy atom. The lowest BCUT2D eigenvalue weighted by molar-refractivity contribution is -0.115. The Labute approximate surface area is 124 Å². The summed E-state index contributed by atoms with van der Waals surface area (Å²) in [6, 6.07) is 17.1. The average molecular weight is 289 g/mol. The van der Waals surface area contributed by atoms with Crippen LogP contribution in [0.1, 0.15) is 18.5 Å². The van der Waals surface area contributed by atoms with E-state index in [0.29, 0.717) is 5.02 Å². The number of benzene rings is 2. The maximum atomic E-state index is 11.8. The molecule has 1 amide bonds. The molecule has 2 aromatic carbocycles. The van der Waals surface area contributed by atoms with Crippen LogP contribution in [0.15, 0.2) is 54.6 Å². The van der Waals surface area contributed by atoms with Crippen molar-refractivity contribution in [2.75, 3.05) is 11.9 Å². The van der Waals surface area contributed by atoms with Crippen molar-refractivity contribution in [3.63, 3.8) is 0 Å². The highest BCUT2D eigenvalue weighted by Crippen LogP contribution is 2.15. The van der Waals surface area contributed by atoms with E-state index < -0.39 is 0 Å². The first-order valence-corrected chi connectivity index (χ1v) is 6.86. The number of carbonyl (C=O) groups excluding carboxylic acids is 1. The number of para-hydroxylation sites is 1. The summed E-state index contributed by atoms with van der Waals surface area (Å²) in [7, 11) is 0. The predicted molar refractivity (Wildman–Crippen MR) is 82.9 cm³/mol. The van der Waals surface area contributed by atoms with E-state index in [1.807, 2.05) is 61.5 Å². The van der Waals surface area contributed by atoms with Gasteiger partial charge in [-0.25, -0.2) is 0 Å². The predicted octanol–water partition coefficient (Wildman–Crippen LogP) is 3.63. The molecule has 20 heavy (non-hydrogen) atoms. The second-order valence-corrected chi connectivity index (χ2v) is 5.00. The number of carbonyl (C=O) groups is 1. The van der Waals surface area contributed by atoms with Crippen LogP contribution in [-0.4, -0.2) is 12.5 Å². The van der Waals surface area contributed by atoms with Crippen LogP contribution < -0.4 is 10.6 Å². The largest absolute Gasteiger partial charge is 0.325 e. The molecule has 0 heterocycles. The lowest BCUT2D eigenvalue weighted by Crippen LogP contribution is -2.30. The van der Waals surface area contributed by atoms with E-state index in [1.54, 1.807) is 0 Å². The lowest BCUT2D eigenvalue weighted by Gasteiger charge is -2.14. The van der Waals surface area contributed by atoms with E-state index in [0.717, 1.165) is 11.3 Å². The molecule has 4 heteroatoms. The number of nitrogens with one attached hydrogen (secondary N) is 2. The third-order valence-corrected chi connectivity index (χ3v) is 3.25. The van der Waals surface area contributed by atoms with Crippen LogP contribution >= 0.6 is 11.6 Å². The molecule has 0 aliphatic rings. The number of rotatable bonds is 5. The molecule has 0 aliphatic heterocycles. The second-order valence-electron chi connectivity index (χ2n) is 4.57. The fourth-order valence-corrected chi connectivity index (χ4v) is 1.97. The van der Waals surface area contributed by atoms with Gasteiger partial charge in [-0.1, -0.05) is 41.9 Å². The fourth-order valence-electron chi connectivity index (χ4n) is 1.84. The summed E-state index contributed by atoms with van der Waals surface area (Å²) in [4.78, 5) is 11.8. The Hall–Kier alpha value is -1.84. The Kier molecular flexibility index (Phi) is 5.16. The lowest BCUT2D eigenvalue weighted by atomic mass is 10.1. The van der Waals surface area contributed by atoms with Gasteiger partial charge in [-0.2, -0.15) is 0 Å². The van der Waals surface area contributed by atoms with E-state index in [4.69, 9.17) is 11.6 Å². The monoisotopic (exact) mass is 288 g/mol. The molecule has 104 valence electrons. The zero-order valence-corrected chi connectivity index (χ0v) is 12.0. The van der Waals surface area contributed by atoms with Gasteiger partial charge >= 0.3 is 0 Å². The van der Waals surface area contributed by atoms with Crippen LogP contribution in [0.2, 0.25) is 5.02 Å². The molecule has 0 unspecified atom stereocenters. The molecular weight excluding hydrogens is 272 g/mol. The quantitative estimate of drug-likeness (QED) is 0.882. The molecule has 0 fully saturated rings. The maximum absolute atomic E-state index is 11.8. The van der Waals surface area contributed by atoms with Crippen LogP contribution in [0.3, 0.4) is 0 Å². The first kappa shape index (κ1) is 14.6. The minimum atomic E-state index is -0.0583. The van der Waals surface area contributed by atoms with Crippen LogP contribution in [0.4, 0.5) is 5.69 Å². The van der Waals surface area contributed by atoms with Crippen molar-refractivity contribution in [2.45, 2.75) is 13.0 Å². The highest BCUT2D eigenvalue weighted by molar-refractivity contribution is 6.30. The molecule has 2 aromatic rings. The minimum absolute atomic E-state index is 0.0583. The molecule has 0 aromatic heterocycles. The summed E-state index contributed by atoms with van der Waals surface area (Å²) >= 11 is 5.85. The molecule has 0 saturated carbocycles. The summed E-state index contributed by atoms with van der Waals surface area (Å²) in [5.74, 6) is -0.0583. The topological polar surface area (TPSA) is 41.1 Å². The van der Waals surface area contributed by atoms with E-state index >= 15 is 0 Å². The van der Waals surface area contributed by atoms with Gasteiger partial charge in [-0.3, -0.25) is 4.79 Å². The van der Waals surface area contributed by atoms with Gasteiger partial charge in [0.1, 0.15) is 0 Å². The van der Waals surface area contributed by atoms with Gasteiger partial charge in [0.05, 0.1) is 6.54 Å². The van der Waals surface area contributed by atoms with Gasteiger partial charge in [0.15, 0.2) is 0 Å². The summed E-state index contributed by atoms with van der Waals surface area (Å²) in [6.45, 7) is 2.28. The van der Waals surface area contributed by atoms with E-state index in [1.165, 1.54) is 0 Å². The van der Waals surface area contributed by atoms with Crippen LogP contribution in [-0.2, 0) is 4.79 Å². The fraction of sp³-hybridized carbons (Fsp3) is 0.188. The molecule has 3 nitrogen and oxygen atoms in total. The number of anilines is 1. The molecule has 0 bridgehead atoms. The highest BCUT2D eigenvalue weighted by atomic mass is 35.5. The van der Waals surface area contributed by atoms with Crippen molar-refractivity contribution in [1.82, 2.24) is 5.32 Å². The summed E-state index contributed by atoms with van der Waals surface area (Å²) < 4.78 is 0. The van der Waals surface area contributed by atoms with Crippen molar-refractivity contribution in [2.24, 2.45) is 0 Å². The van der Waals surface area contributed by atoms with Crippen LogP contribution in [0.25, 0.3) is 0 Å². The minimum Gasteiger partial charge on any atom is -0.325 e. The Morgan fingerprint density at radius 2 is 1.75 bits per heavy atom. The summed E-state index contributed by atoms with van der Waals surface area (Å²) in [5, 5.41) is 6.73. The van der Waals surface area contributed by atoms with Gasteiger partial charge in [-0.15, -0.1) is 0 Å². The van der Waals surface area contributed by atoms with E-state index in [2.05, 4.69) is 10.6 Å². The van der Waals surface area contributed by atoms with Gasteiger partial charge in [0, 0.05) is 16.8 Å². The normalized spacial score (nSPS) is 11.9. The Morgan fingerprint density at radius 3 is 2.40 bits per heavy atom. The number of halogens is 1. The standard InChI is InChI=1S/C16H17ClN2O/c1-12(13-7-9-14(17)10-8-13)18-11-16(20)19-15-5-3-2-4-6-15/h2-10,12,18H,11H2,1H3,(H,19,20)/t12-/m1/s1. The number of hydrogen-bond donors (Lipinski definition) is 2. The molecule has 0 aliphatic carbocycles. The second kappa shape index (κ2) is 7.08. The molecule has 0 radical (unpaired) electrons. The Balaban J connectivity index is 1.82. The van der Waals surface area contributed by atoms with E-state index in [9.17, 15) is 4.79 Å². The average Bonchev–Trinajstić information content (AvgIpc) is 2.46. The first-order valence-electron chi connectivity index (χ1n) is 6.49. The molecule has 2 rings (SSSR count). The van der Waals surface area contributed by atoms with E-state index in [-0.39, 0.29) is 18.5 Å². The van der Waals surface area contributed by atoms with Crippen LogP contribution in [0, 0.1) is 0 Å². The molecular formula is C16H17ClN2O. The highest BCUT2D eigenvalue weighted by Gasteiger charge is 2.07. The van der Waals surface area contributed by atoms with Gasteiger partial charge in [0.2, 0.25) is 5.91 Å². The van der Waals surface area contributed by atoms with Gasteiger partial charge in [0.25, 0.3) is 0 Å².